The van der Waals surface area contributed by atoms with Crippen molar-refractivity contribution < 1.29 is 0 Å². The highest BCUT2D eigenvalue weighted by atomic mass is 32.2. The SMILES string of the molecule is C=S(CC(C)(C)C)N=CC(C)(C)C.C=S(CCNC(C)(C)C)C(C)(C)C.C=S(CCNC(C)(C)C)C(C)(C)C.C=S(CNC(C)(C)C)CC(C)(C)C.C=S(CNC(C)(C)C)CC(C)(C)C.C=S(CNCC(C)(C)C)C(C)(C)C.C=S(CNCC(C)(C)C)C(C)(C)C.CC.CC.CC.CC.CC.CC.CC. The van der Waals surface area contributed by atoms with Crippen LogP contribution < -0.4 is 31.9 Å². The van der Waals surface area contributed by atoms with Gasteiger partial charge >= 0.3 is 0 Å². The van der Waals surface area contributed by atoms with Crippen molar-refractivity contribution in [2.45, 2.75) is 429 Å². The second-order valence-corrected chi connectivity index (χ2v) is 55.3. The zero-order valence-electron chi connectivity index (χ0n) is 84.0. The molecule has 0 aliphatic heterocycles. The molecule has 0 radical (unpaired) electrons. The largest absolute Gasteiger partial charge is 0.311 e. The Morgan fingerprint density at radius 1 is 0.257 bits per heavy atom. The zero-order valence-corrected chi connectivity index (χ0v) is 89.7. The van der Waals surface area contributed by atoms with Gasteiger partial charge in [-0.15, -0.1) is 0 Å². The number of rotatable bonds is 20. The van der Waals surface area contributed by atoms with E-state index in [-0.39, 0.29) is 101 Å². The van der Waals surface area contributed by atoms with Gasteiger partial charge in [-0.25, -0.2) is 4.40 Å². The third-order valence-electron chi connectivity index (χ3n) is 11.4. The van der Waals surface area contributed by atoms with Crippen molar-refractivity contribution in [2.75, 3.05) is 78.5 Å². The first-order valence-electron chi connectivity index (χ1n) is 40.8. The molecule has 0 saturated carbocycles. The van der Waals surface area contributed by atoms with Crippen LogP contribution in [-0.2, 0) is 0 Å². The first kappa shape index (κ1) is 138. The van der Waals surface area contributed by atoms with Crippen LogP contribution in [-0.4, -0.2) is 167 Å². The van der Waals surface area contributed by atoms with Gasteiger partial charge in [0.2, 0.25) is 0 Å². The van der Waals surface area contributed by atoms with Crippen LogP contribution in [0.4, 0.5) is 0 Å². The molecule has 0 bridgehead atoms. The van der Waals surface area contributed by atoms with Crippen molar-refractivity contribution in [3.05, 3.63) is 0 Å². The molecule has 0 aromatic heterocycles. The molecule has 0 rings (SSSR count). The Balaban J connectivity index is -0.0000000744. The molecule has 105 heavy (non-hydrogen) atoms. The lowest BCUT2D eigenvalue weighted by Crippen LogP contribution is -2.37. The van der Waals surface area contributed by atoms with Gasteiger partial charge in [0.25, 0.3) is 0 Å². The summed E-state index contributed by atoms with van der Waals surface area (Å²) < 4.78 is 5.87. The van der Waals surface area contributed by atoms with Crippen LogP contribution in [0.3, 0.4) is 0 Å². The topological polar surface area (TPSA) is 84.5 Å². The van der Waals surface area contributed by atoms with Crippen molar-refractivity contribution in [3.63, 3.8) is 0 Å². The zero-order chi connectivity index (χ0) is 88.9. The van der Waals surface area contributed by atoms with E-state index in [1.807, 2.05) is 103 Å². The molecular weight excluding hydrogens is 1420 g/mol. The number of hydrogen-bond donors (Lipinski definition) is 6. The summed E-state index contributed by atoms with van der Waals surface area (Å²) in [6, 6.07) is 0. The molecule has 7 nitrogen and oxygen atoms in total. The summed E-state index contributed by atoms with van der Waals surface area (Å²) in [5, 5.41) is 20.9. The summed E-state index contributed by atoms with van der Waals surface area (Å²) in [5.41, 5.74) is 3.01. The minimum Gasteiger partial charge on any atom is -0.311 e. The highest BCUT2D eigenvalue weighted by molar-refractivity contribution is 8.16. The average molecular weight is 1630 g/mol. The summed E-state index contributed by atoms with van der Waals surface area (Å²) in [7, 11) is 1.40. The van der Waals surface area contributed by atoms with Crippen LogP contribution in [0.15, 0.2) is 4.40 Å². The van der Waals surface area contributed by atoms with Crippen LogP contribution in [0.2, 0.25) is 0 Å². The lowest BCUT2D eigenvalue weighted by molar-refractivity contribution is 0.392. The predicted octanol–water partition coefficient (Wildman–Crippen LogP) is 29.0. The van der Waals surface area contributed by atoms with E-state index in [1.54, 1.807) is 0 Å². The van der Waals surface area contributed by atoms with E-state index < -0.39 is 0 Å². The normalized spacial score (nSPS) is 14.2. The first-order chi connectivity index (χ1) is 46.3. The van der Waals surface area contributed by atoms with Crippen LogP contribution >= 0.6 is 73.6 Å². The van der Waals surface area contributed by atoms with Gasteiger partial charge in [0.1, 0.15) is 0 Å². The Morgan fingerprint density at radius 2 is 0.457 bits per heavy atom. The summed E-state index contributed by atoms with van der Waals surface area (Å²) in [4.78, 5) is 0. The molecule has 0 fully saturated rings. The van der Waals surface area contributed by atoms with Gasteiger partial charge < -0.3 is 31.9 Å². The smallest absolute Gasteiger partial charge is 0.0367 e. The van der Waals surface area contributed by atoms with E-state index in [9.17, 15) is 0 Å². The Hall–Kier alpha value is 0.970. The molecule has 0 aliphatic carbocycles. The lowest BCUT2D eigenvalue weighted by atomic mass is 9.97. The Bertz CT molecular complexity index is 1870. The maximum absolute atomic E-state index is 4.47. The molecule has 0 aromatic rings. The Morgan fingerprint density at radius 3 is 0.610 bits per heavy atom. The average Bonchev–Trinajstić information content (AvgIpc) is 0.950. The Kier molecular flexibility index (Phi) is 92.5. The maximum atomic E-state index is 4.47. The highest BCUT2D eigenvalue weighted by Gasteiger charge is 2.20. The minimum absolute atomic E-state index is 0.0665. The standard InChI is InChI=1S/4C11H25NS.C11H23NS.2C11H25NS.7C2H6/c2*1-10(2,3)8-13(7)9-12-11(4,5)6;2*1-10(2,3)8-12-9-13(7)11(4,5)6;1-10(2,3)8-12-13(7)9-11(4,5)6;2*1-10(2,3)12-8-9-13(7)11(4,5)6;7*1-2/h4*12H,7-9H2,1-6H3;8H,7,9H2,1-6H3;2*12H,7-9H2,1-6H3;7*1-2H3. The van der Waals surface area contributed by atoms with Gasteiger partial charge in [-0.1, -0.05) is 356 Å². The molecule has 7 unspecified atom stereocenters. The number of hydrogen-bond acceptors (Lipinski definition) is 7. The van der Waals surface area contributed by atoms with Crippen molar-refractivity contribution in [1.29, 1.82) is 0 Å². The van der Waals surface area contributed by atoms with E-state index in [0.29, 0.717) is 46.1 Å². The minimum atomic E-state index is -0.0665. The van der Waals surface area contributed by atoms with Gasteiger partial charge in [-0.05, 0) is 127 Å². The van der Waals surface area contributed by atoms with Crippen molar-refractivity contribution in [2.24, 2.45) is 36.9 Å². The number of nitrogens with zero attached hydrogens (tertiary/aromatic N) is 1. The quantitative estimate of drug-likeness (QED) is 0.0538. The molecule has 656 valence electrons. The molecule has 6 N–H and O–H groups in total. The second kappa shape index (κ2) is 70.4. The Labute approximate surface area is 691 Å². The van der Waals surface area contributed by atoms with E-state index >= 15 is 0 Å². The molecule has 14 heteroatoms. The lowest BCUT2D eigenvalue weighted by Gasteiger charge is -2.26. The second-order valence-electron chi connectivity index (χ2n) is 40.0. The van der Waals surface area contributed by atoms with Crippen molar-refractivity contribution in [3.8, 4) is 0 Å². The summed E-state index contributed by atoms with van der Waals surface area (Å²) in [6.45, 7) is 126. The molecule has 0 aromatic carbocycles. The van der Waals surface area contributed by atoms with Crippen molar-refractivity contribution >= 4 is 121 Å². The monoisotopic (exact) mass is 1630 g/mol. The molecule has 0 spiro atoms. The van der Waals surface area contributed by atoms with Crippen LogP contribution in [0.5, 0.6) is 0 Å². The third-order valence-corrected chi connectivity index (χ3v) is 26.1. The first-order valence-corrected chi connectivity index (χ1v) is 52.0. The van der Waals surface area contributed by atoms with E-state index in [1.165, 1.54) is 23.0 Å². The fourth-order valence-electron chi connectivity index (χ4n) is 5.98. The summed E-state index contributed by atoms with van der Waals surface area (Å²) >= 11 is 0. The van der Waals surface area contributed by atoms with Gasteiger partial charge in [0, 0.05) is 114 Å². The molecular formula is C91H215N7S7. The molecule has 0 heterocycles. The van der Waals surface area contributed by atoms with Gasteiger partial charge in [-0.3, -0.25) is 0 Å². The van der Waals surface area contributed by atoms with Crippen LogP contribution in [0, 0.1) is 32.5 Å². The summed E-state index contributed by atoms with van der Waals surface area (Å²) in [5.74, 6) is 39.3. The molecule has 0 amide bonds. The predicted molar refractivity (Wildman–Crippen MR) is 548 cm³/mol. The van der Waals surface area contributed by atoms with Gasteiger partial charge in [0.05, 0.1) is 0 Å². The summed E-state index contributed by atoms with van der Waals surface area (Å²) in [6.07, 6.45) is 2.02. The molecule has 0 aliphatic rings. The third kappa shape index (κ3) is 151. The van der Waals surface area contributed by atoms with E-state index in [0.717, 1.165) is 55.4 Å². The van der Waals surface area contributed by atoms with E-state index in [4.69, 9.17) is 0 Å². The van der Waals surface area contributed by atoms with Crippen LogP contribution in [0.1, 0.15) is 388 Å². The molecule has 7 atom stereocenters. The number of nitrogens with one attached hydrogen (secondary N) is 6. The molecule has 0 saturated heterocycles. The fourth-order valence-corrected chi connectivity index (χ4v) is 14.9. The van der Waals surface area contributed by atoms with Crippen molar-refractivity contribution in [1.82, 2.24) is 31.9 Å². The fraction of sp³-hybridized carbons (Fsp3) is 0.912. The highest BCUT2D eigenvalue weighted by Crippen LogP contribution is 2.32. The van der Waals surface area contributed by atoms with E-state index in [2.05, 4.69) is 368 Å². The van der Waals surface area contributed by atoms with Gasteiger partial charge in [-0.2, -0.15) is 62.9 Å². The van der Waals surface area contributed by atoms with Gasteiger partial charge in [0.15, 0.2) is 0 Å². The maximum Gasteiger partial charge on any atom is 0.0367 e. The van der Waals surface area contributed by atoms with Crippen LogP contribution in [0.25, 0.3) is 0 Å².